The van der Waals surface area contributed by atoms with Gasteiger partial charge in [0.2, 0.25) is 0 Å². The molecule has 0 unspecified atom stereocenters. The number of rotatable bonds is 3. The number of likely N-dealkylation sites (tertiary alicyclic amines) is 1. The molecule has 3 aliphatic rings. The minimum atomic E-state index is -0.480. The number of aromatic nitrogens is 1. The molecule has 2 atom stereocenters. The van der Waals surface area contributed by atoms with Crippen LogP contribution in [-0.4, -0.2) is 66.6 Å². The Morgan fingerprint density at radius 3 is 2.69 bits per heavy atom. The van der Waals surface area contributed by atoms with Crippen molar-refractivity contribution < 1.29 is 28.6 Å². The van der Waals surface area contributed by atoms with Crippen LogP contribution < -0.4 is 24.8 Å². The van der Waals surface area contributed by atoms with E-state index in [2.05, 4.69) is 15.6 Å². The number of nitrogens with zero attached hydrogens (tertiary/aromatic N) is 2. The van der Waals surface area contributed by atoms with Crippen molar-refractivity contribution in [1.82, 2.24) is 20.5 Å². The molecule has 39 heavy (non-hydrogen) atoms. The molecule has 10 nitrogen and oxygen atoms in total. The topological polar surface area (TPSA) is 119 Å². The lowest BCUT2D eigenvalue weighted by molar-refractivity contribution is -0.123. The van der Waals surface area contributed by atoms with Crippen LogP contribution in [0.1, 0.15) is 43.2 Å². The van der Waals surface area contributed by atoms with Crippen molar-refractivity contribution >= 4 is 29.1 Å². The minimum absolute atomic E-state index is 0.122. The van der Waals surface area contributed by atoms with Crippen LogP contribution in [0.4, 0.5) is 0 Å². The number of hydrogen-bond acceptors (Lipinski definition) is 8. The van der Waals surface area contributed by atoms with Gasteiger partial charge in [0.1, 0.15) is 16.7 Å². The Balaban J connectivity index is 1.45. The van der Waals surface area contributed by atoms with Gasteiger partial charge < -0.3 is 29.7 Å². The van der Waals surface area contributed by atoms with E-state index in [-0.39, 0.29) is 36.6 Å². The summed E-state index contributed by atoms with van der Waals surface area (Å²) in [6.45, 7) is 4.52. The molecule has 0 aliphatic carbocycles. The number of ether oxygens (including phenoxy) is 3. The second kappa shape index (κ2) is 11.3. The van der Waals surface area contributed by atoms with Crippen molar-refractivity contribution in [3.8, 4) is 17.2 Å². The predicted octanol–water partition coefficient (Wildman–Crippen LogP) is 2.73. The first-order chi connectivity index (χ1) is 18.8. The number of amides is 3. The molecule has 1 aromatic heterocycles. The lowest BCUT2D eigenvalue weighted by Crippen LogP contribution is -2.45. The van der Waals surface area contributed by atoms with Gasteiger partial charge in [-0.2, -0.15) is 0 Å². The van der Waals surface area contributed by atoms with Crippen molar-refractivity contribution in [2.75, 3.05) is 26.8 Å². The number of fused-ring (bicyclic) bond motifs is 7. The lowest BCUT2D eigenvalue weighted by Gasteiger charge is -2.21. The van der Waals surface area contributed by atoms with E-state index in [9.17, 15) is 14.4 Å². The zero-order chi connectivity index (χ0) is 27.5. The van der Waals surface area contributed by atoms with Crippen molar-refractivity contribution in [3.63, 3.8) is 0 Å². The highest BCUT2D eigenvalue weighted by Gasteiger charge is 2.39. The first-order valence-electron chi connectivity index (χ1n) is 12.7. The summed E-state index contributed by atoms with van der Waals surface area (Å²) in [6, 6.07) is 11.7. The fourth-order valence-electron chi connectivity index (χ4n) is 4.58. The van der Waals surface area contributed by atoms with Gasteiger partial charge in [0.05, 0.1) is 30.4 Å². The molecule has 4 bridgehead atoms. The summed E-state index contributed by atoms with van der Waals surface area (Å²) >= 11 is 1.40. The minimum Gasteiger partial charge on any atom is -0.493 e. The molecular weight excluding hydrogens is 520 g/mol. The number of benzene rings is 2. The maximum absolute atomic E-state index is 13.5. The first kappa shape index (κ1) is 26.5. The summed E-state index contributed by atoms with van der Waals surface area (Å²) in [5.74, 6) is 0.489. The standard InChI is InChI=1S/C28H30N4O6S/c1-4-25-30-16(2)26(39-25)28(35)32-13-20-23(14-32)38-19-8-5-17(6-9-19)12-29-24(33)15-37-22-11-18(27(34)31-20)7-10-21(22)36-3/h5-11,20,23H,4,12-15H2,1-3H3,(H,29,33)(H,31,34)/t20-,23-/m0/s1. The van der Waals surface area contributed by atoms with Crippen LogP contribution in [0.3, 0.4) is 0 Å². The maximum Gasteiger partial charge on any atom is 0.266 e. The molecule has 1 saturated heterocycles. The van der Waals surface area contributed by atoms with Crippen LogP contribution in [0.25, 0.3) is 0 Å². The van der Waals surface area contributed by atoms with Crippen LogP contribution in [0.15, 0.2) is 42.5 Å². The number of carbonyl (C=O) groups excluding carboxylic acids is 3. The molecule has 2 aromatic carbocycles. The van der Waals surface area contributed by atoms with Gasteiger partial charge in [-0.15, -0.1) is 11.3 Å². The number of aryl methyl sites for hydroxylation is 2. The highest BCUT2D eigenvalue weighted by atomic mass is 32.1. The summed E-state index contributed by atoms with van der Waals surface area (Å²) in [4.78, 5) is 46.0. The van der Waals surface area contributed by atoms with Gasteiger partial charge in [0.15, 0.2) is 18.1 Å². The van der Waals surface area contributed by atoms with Crippen LogP contribution in [0, 0.1) is 6.92 Å². The Hall–Kier alpha value is -4.12. The summed E-state index contributed by atoms with van der Waals surface area (Å²) in [5.41, 5.74) is 1.93. The van der Waals surface area contributed by atoms with E-state index < -0.39 is 12.1 Å². The Morgan fingerprint density at radius 2 is 1.97 bits per heavy atom. The molecule has 6 rings (SSSR count). The van der Waals surface area contributed by atoms with E-state index in [0.29, 0.717) is 40.7 Å². The van der Waals surface area contributed by atoms with Crippen molar-refractivity contribution in [1.29, 1.82) is 0 Å². The number of methoxy groups -OCH3 is 1. The molecule has 204 valence electrons. The molecule has 1 fully saturated rings. The van der Waals surface area contributed by atoms with Crippen LogP contribution in [0.2, 0.25) is 0 Å². The molecule has 2 N–H and O–H groups in total. The molecule has 11 heteroatoms. The van der Waals surface area contributed by atoms with E-state index in [1.165, 1.54) is 24.5 Å². The molecule has 3 aromatic rings. The predicted molar refractivity (Wildman–Crippen MR) is 145 cm³/mol. The van der Waals surface area contributed by atoms with Crippen molar-refractivity contribution in [3.05, 3.63) is 69.2 Å². The Morgan fingerprint density at radius 1 is 1.18 bits per heavy atom. The lowest BCUT2D eigenvalue weighted by atomic mass is 10.1. The molecule has 4 heterocycles. The monoisotopic (exact) mass is 550 g/mol. The van der Waals surface area contributed by atoms with Gasteiger partial charge in [-0.1, -0.05) is 19.1 Å². The quantitative estimate of drug-likeness (QED) is 0.515. The van der Waals surface area contributed by atoms with E-state index in [0.717, 1.165) is 17.0 Å². The van der Waals surface area contributed by atoms with Gasteiger partial charge in [-0.3, -0.25) is 14.4 Å². The van der Waals surface area contributed by atoms with Gasteiger partial charge in [-0.05, 0) is 49.2 Å². The molecule has 3 amide bonds. The Kier molecular flexibility index (Phi) is 7.69. The highest BCUT2D eigenvalue weighted by molar-refractivity contribution is 7.13. The maximum atomic E-state index is 13.5. The highest BCUT2D eigenvalue weighted by Crippen LogP contribution is 2.29. The average molecular weight is 551 g/mol. The third-order valence-corrected chi connectivity index (χ3v) is 7.98. The third-order valence-electron chi connectivity index (χ3n) is 6.69. The summed E-state index contributed by atoms with van der Waals surface area (Å²) in [7, 11) is 1.49. The summed E-state index contributed by atoms with van der Waals surface area (Å²) < 4.78 is 17.3. The van der Waals surface area contributed by atoms with Gasteiger partial charge in [-0.25, -0.2) is 4.98 Å². The largest absolute Gasteiger partial charge is 0.493 e. The first-order valence-corrected chi connectivity index (χ1v) is 13.6. The van der Waals surface area contributed by atoms with E-state index in [1.54, 1.807) is 17.0 Å². The van der Waals surface area contributed by atoms with Crippen LogP contribution in [-0.2, 0) is 17.8 Å². The smallest absolute Gasteiger partial charge is 0.266 e. The Bertz CT molecular complexity index is 1390. The Labute approximate surface area is 230 Å². The number of hydrogen-bond donors (Lipinski definition) is 2. The third kappa shape index (κ3) is 5.83. The summed E-state index contributed by atoms with van der Waals surface area (Å²) in [5, 5.41) is 6.77. The SMILES string of the molecule is CCc1nc(C)c(C(=O)N2C[C@@H]3NC(=O)c4ccc(OC)c(c4)OCC(=O)NCc4ccc(cc4)O[C@H]3C2)s1. The average Bonchev–Trinajstić information content (AvgIpc) is 3.53. The number of nitrogens with one attached hydrogen (secondary N) is 2. The summed E-state index contributed by atoms with van der Waals surface area (Å²) in [6.07, 6.45) is 0.281. The second-order valence-corrected chi connectivity index (χ2v) is 10.5. The molecule has 0 radical (unpaired) electrons. The zero-order valence-electron chi connectivity index (χ0n) is 22.0. The number of thiazole rings is 1. The van der Waals surface area contributed by atoms with Gasteiger partial charge in [0.25, 0.3) is 17.7 Å². The molecular formula is C28H30N4O6S. The number of carbonyl (C=O) groups is 3. The van der Waals surface area contributed by atoms with E-state index >= 15 is 0 Å². The van der Waals surface area contributed by atoms with Crippen LogP contribution in [0.5, 0.6) is 17.2 Å². The van der Waals surface area contributed by atoms with Crippen LogP contribution >= 0.6 is 11.3 Å². The molecule has 0 spiro atoms. The van der Waals surface area contributed by atoms with Gasteiger partial charge in [0, 0.05) is 18.7 Å². The zero-order valence-corrected chi connectivity index (χ0v) is 22.8. The van der Waals surface area contributed by atoms with Crippen molar-refractivity contribution in [2.45, 2.75) is 39.0 Å². The normalized spacial score (nSPS) is 19.3. The van der Waals surface area contributed by atoms with Crippen molar-refractivity contribution in [2.24, 2.45) is 0 Å². The second-order valence-electron chi connectivity index (χ2n) is 9.40. The molecule has 3 aliphatic heterocycles. The van der Waals surface area contributed by atoms with Gasteiger partial charge >= 0.3 is 0 Å². The fraction of sp³-hybridized carbons (Fsp3) is 0.357. The molecule has 0 saturated carbocycles. The van der Waals surface area contributed by atoms with E-state index in [1.807, 2.05) is 38.1 Å². The fourth-order valence-corrected chi connectivity index (χ4v) is 5.55. The van der Waals surface area contributed by atoms with E-state index in [4.69, 9.17) is 14.2 Å².